The van der Waals surface area contributed by atoms with Crippen molar-refractivity contribution in [2.24, 2.45) is 4.99 Å². The average molecular weight is 502 g/mol. The molecule has 3 heterocycles. The van der Waals surface area contributed by atoms with Crippen LogP contribution in [0.15, 0.2) is 93.2 Å². The van der Waals surface area contributed by atoms with Crippen molar-refractivity contribution in [2.75, 3.05) is 11.9 Å². The Morgan fingerprint density at radius 2 is 1.89 bits per heavy atom. The minimum Gasteiger partial charge on any atom is -0.494 e. The molecule has 0 bridgehead atoms. The van der Waals surface area contributed by atoms with Gasteiger partial charge in [0.15, 0.2) is 4.80 Å². The quantitative estimate of drug-likeness (QED) is 0.427. The van der Waals surface area contributed by atoms with Crippen LogP contribution in [0.3, 0.4) is 0 Å². The Labute approximate surface area is 210 Å². The first kappa shape index (κ1) is 23.0. The highest BCUT2D eigenvalue weighted by atomic mass is 32.1. The van der Waals surface area contributed by atoms with Crippen LogP contribution in [0, 0.1) is 0 Å². The van der Waals surface area contributed by atoms with Crippen LogP contribution in [-0.2, 0) is 4.79 Å². The fraction of sp³-hybridized carbons (Fsp3) is 0.148. The number of thiophene rings is 1. The third kappa shape index (κ3) is 4.62. The normalized spacial score (nSPS) is 15.5. The highest BCUT2D eigenvalue weighted by Crippen LogP contribution is 2.31. The lowest BCUT2D eigenvalue weighted by molar-refractivity contribution is -0.113. The summed E-state index contributed by atoms with van der Waals surface area (Å²) in [6.07, 6.45) is 1.88. The minimum atomic E-state index is -0.615. The lowest BCUT2D eigenvalue weighted by atomic mass is 9.95. The maximum absolute atomic E-state index is 13.6. The number of carbonyl (C=O) groups is 1. The van der Waals surface area contributed by atoms with Crippen molar-refractivity contribution in [3.05, 3.63) is 114 Å². The monoisotopic (exact) mass is 501 g/mol. The number of nitrogens with zero attached hydrogens (tertiary/aromatic N) is 2. The number of para-hydroxylation sites is 1. The van der Waals surface area contributed by atoms with Crippen molar-refractivity contribution >= 4 is 40.3 Å². The van der Waals surface area contributed by atoms with Crippen molar-refractivity contribution in [1.29, 1.82) is 0 Å². The lowest BCUT2D eigenvalue weighted by Gasteiger charge is -2.25. The standard InChI is InChI=1S/C27H23N3O3S2/c1-3-33-20-13-11-18(12-14-20)24-23(25(31)29-19-8-5-4-6-9-19)17(2)28-27-30(24)26(32)22(35-27)16-21-10-7-15-34-21/h4-16,24H,3H2,1-2H3,(H,29,31)/t24-/m0/s1. The van der Waals surface area contributed by atoms with Crippen LogP contribution >= 0.6 is 22.7 Å². The van der Waals surface area contributed by atoms with Gasteiger partial charge in [-0.25, -0.2) is 4.99 Å². The molecule has 1 N–H and O–H groups in total. The van der Waals surface area contributed by atoms with Crippen LogP contribution in [-0.4, -0.2) is 17.1 Å². The van der Waals surface area contributed by atoms with Gasteiger partial charge in [0, 0.05) is 10.6 Å². The highest BCUT2D eigenvalue weighted by molar-refractivity contribution is 7.11. The summed E-state index contributed by atoms with van der Waals surface area (Å²) < 4.78 is 7.81. The Morgan fingerprint density at radius 3 is 2.57 bits per heavy atom. The molecule has 2 aromatic carbocycles. The Bertz CT molecular complexity index is 1570. The van der Waals surface area contributed by atoms with Crippen LogP contribution in [0.1, 0.15) is 30.3 Å². The summed E-state index contributed by atoms with van der Waals surface area (Å²) in [5.74, 6) is 0.446. The van der Waals surface area contributed by atoms with Crippen LogP contribution in [0.25, 0.3) is 6.08 Å². The van der Waals surface area contributed by atoms with Crippen molar-refractivity contribution in [3.8, 4) is 5.75 Å². The number of hydrogen-bond acceptors (Lipinski definition) is 6. The zero-order valence-corrected chi connectivity index (χ0v) is 20.9. The first-order valence-electron chi connectivity index (χ1n) is 11.2. The number of ether oxygens (including phenoxy) is 1. The maximum atomic E-state index is 13.6. The highest BCUT2D eigenvalue weighted by Gasteiger charge is 2.32. The number of allylic oxidation sites excluding steroid dienone is 1. The number of rotatable bonds is 6. The van der Waals surface area contributed by atoms with Gasteiger partial charge in [-0.05, 0) is 61.2 Å². The van der Waals surface area contributed by atoms with Gasteiger partial charge in [0.1, 0.15) is 5.75 Å². The second kappa shape index (κ2) is 9.85. The molecule has 1 amide bonds. The molecule has 2 aromatic heterocycles. The number of fused-ring (bicyclic) bond motifs is 1. The third-order valence-electron chi connectivity index (χ3n) is 5.62. The molecule has 0 saturated carbocycles. The van der Waals surface area contributed by atoms with Gasteiger partial charge >= 0.3 is 0 Å². The van der Waals surface area contributed by atoms with E-state index in [1.807, 2.05) is 92.0 Å². The first-order chi connectivity index (χ1) is 17.0. The summed E-state index contributed by atoms with van der Waals surface area (Å²) in [5.41, 5.74) is 2.34. The van der Waals surface area contributed by atoms with E-state index in [0.717, 1.165) is 16.2 Å². The van der Waals surface area contributed by atoms with E-state index in [9.17, 15) is 9.59 Å². The van der Waals surface area contributed by atoms with E-state index in [1.54, 1.807) is 15.9 Å². The molecule has 176 valence electrons. The van der Waals surface area contributed by atoms with E-state index in [1.165, 1.54) is 11.3 Å². The molecular formula is C27H23N3O3S2. The molecule has 1 atom stereocenters. The van der Waals surface area contributed by atoms with Gasteiger partial charge in [0.25, 0.3) is 11.5 Å². The number of thiazole rings is 1. The molecule has 0 aliphatic carbocycles. The van der Waals surface area contributed by atoms with Crippen molar-refractivity contribution in [1.82, 2.24) is 4.57 Å². The smallest absolute Gasteiger partial charge is 0.271 e. The molecule has 4 aromatic rings. The van der Waals surface area contributed by atoms with Gasteiger partial charge in [0.05, 0.1) is 28.5 Å². The topological polar surface area (TPSA) is 72.7 Å². The Morgan fingerprint density at radius 1 is 1.11 bits per heavy atom. The summed E-state index contributed by atoms with van der Waals surface area (Å²) in [7, 11) is 0. The lowest BCUT2D eigenvalue weighted by Crippen LogP contribution is -2.40. The van der Waals surface area contributed by atoms with Crippen LogP contribution in [0.4, 0.5) is 5.69 Å². The summed E-state index contributed by atoms with van der Waals surface area (Å²) in [4.78, 5) is 33.4. The molecule has 0 spiro atoms. The molecule has 1 aliphatic rings. The third-order valence-corrected chi connectivity index (χ3v) is 7.42. The van der Waals surface area contributed by atoms with Gasteiger partial charge in [0.2, 0.25) is 0 Å². The number of nitrogens with one attached hydrogen (secondary N) is 1. The first-order valence-corrected chi connectivity index (χ1v) is 12.9. The number of benzene rings is 2. The Hall–Kier alpha value is -3.75. The van der Waals surface area contributed by atoms with E-state index >= 15 is 0 Å². The zero-order chi connectivity index (χ0) is 24.4. The molecule has 35 heavy (non-hydrogen) atoms. The van der Waals surface area contributed by atoms with Crippen LogP contribution < -0.4 is 24.9 Å². The number of hydrogen-bond donors (Lipinski definition) is 1. The molecular weight excluding hydrogens is 478 g/mol. The molecule has 0 saturated heterocycles. The average Bonchev–Trinajstić information content (AvgIpc) is 3.47. The fourth-order valence-corrected chi connectivity index (χ4v) is 5.83. The largest absolute Gasteiger partial charge is 0.494 e. The van der Waals surface area contributed by atoms with Gasteiger partial charge in [-0.1, -0.05) is 47.7 Å². The molecule has 8 heteroatoms. The molecule has 6 nitrogen and oxygen atoms in total. The van der Waals surface area contributed by atoms with Gasteiger partial charge in [-0.15, -0.1) is 11.3 Å². The summed E-state index contributed by atoms with van der Waals surface area (Å²) in [6.45, 7) is 4.30. The summed E-state index contributed by atoms with van der Waals surface area (Å²) in [5, 5.41) is 4.94. The van der Waals surface area contributed by atoms with Crippen LogP contribution in [0.2, 0.25) is 0 Å². The van der Waals surface area contributed by atoms with E-state index in [0.29, 0.717) is 32.9 Å². The summed E-state index contributed by atoms with van der Waals surface area (Å²) in [6, 6.07) is 20.1. The zero-order valence-electron chi connectivity index (χ0n) is 19.2. The number of amides is 1. The van der Waals surface area contributed by atoms with E-state index in [4.69, 9.17) is 4.74 Å². The van der Waals surface area contributed by atoms with E-state index in [2.05, 4.69) is 10.3 Å². The van der Waals surface area contributed by atoms with Crippen molar-refractivity contribution in [3.63, 3.8) is 0 Å². The Kier molecular flexibility index (Phi) is 6.48. The summed E-state index contributed by atoms with van der Waals surface area (Å²) >= 11 is 2.90. The number of carbonyl (C=O) groups excluding carboxylic acids is 1. The van der Waals surface area contributed by atoms with Gasteiger partial charge < -0.3 is 10.1 Å². The molecule has 0 radical (unpaired) electrons. The molecule has 0 fully saturated rings. The minimum absolute atomic E-state index is 0.168. The van der Waals surface area contributed by atoms with Gasteiger partial charge in [-0.2, -0.15) is 0 Å². The predicted molar refractivity (Wildman–Crippen MR) is 141 cm³/mol. The number of aromatic nitrogens is 1. The maximum Gasteiger partial charge on any atom is 0.271 e. The second-order valence-electron chi connectivity index (χ2n) is 7.92. The molecule has 5 rings (SSSR count). The van der Waals surface area contributed by atoms with Crippen molar-refractivity contribution < 1.29 is 9.53 Å². The molecule has 1 aliphatic heterocycles. The van der Waals surface area contributed by atoms with Gasteiger partial charge in [-0.3, -0.25) is 14.2 Å². The van der Waals surface area contributed by atoms with Crippen LogP contribution in [0.5, 0.6) is 5.75 Å². The molecule has 0 unspecified atom stereocenters. The van der Waals surface area contributed by atoms with E-state index < -0.39 is 6.04 Å². The SMILES string of the molecule is CCOc1ccc([C@H]2C(C(=O)Nc3ccccc3)=C(C)N=c3sc(=Cc4cccs4)c(=O)n32)cc1. The number of anilines is 1. The predicted octanol–water partition coefficient (Wildman–Crippen LogP) is 4.33. The second-order valence-corrected chi connectivity index (χ2v) is 9.91. The van der Waals surface area contributed by atoms with E-state index in [-0.39, 0.29) is 11.5 Å². The Balaban J connectivity index is 1.66. The fourth-order valence-electron chi connectivity index (χ4n) is 4.06. The van der Waals surface area contributed by atoms with Crippen molar-refractivity contribution in [2.45, 2.75) is 19.9 Å².